The van der Waals surface area contributed by atoms with Crippen molar-refractivity contribution >= 4 is 5.97 Å². The molecular formula is C16H16O4. The molecule has 104 valence electrons. The van der Waals surface area contributed by atoms with Crippen LogP contribution in [0.5, 0.6) is 11.5 Å². The van der Waals surface area contributed by atoms with E-state index in [1.165, 1.54) is 30.3 Å². The van der Waals surface area contributed by atoms with Crippen LogP contribution in [0.2, 0.25) is 0 Å². The number of phenolic OH excluding ortho intramolecular Hbond substituents is 2. The van der Waals surface area contributed by atoms with Crippen LogP contribution in [-0.2, 0) is 4.74 Å². The number of phenols is 2. The molecular weight excluding hydrogens is 256 g/mol. The van der Waals surface area contributed by atoms with Gasteiger partial charge in [0, 0.05) is 0 Å². The number of carbonyl (C=O) groups is 1. The van der Waals surface area contributed by atoms with E-state index in [0.29, 0.717) is 11.3 Å². The maximum Gasteiger partial charge on any atom is 0.338 e. The van der Waals surface area contributed by atoms with Crippen molar-refractivity contribution in [3.05, 3.63) is 72.8 Å². The van der Waals surface area contributed by atoms with Crippen LogP contribution < -0.4 is 0 Å². The molecule has 0 spiro atoms. The summed E-state index contributed by atoms with van der Waals surface area (Å²) in [7, 11) is 0. The molecule has 0 radical (unpaired) electrons. The fourth-order valence-electron chi connectivity index (χ4n) is 1.24. The SMILES string of the molecule is C=CCOC(=O)c1ccc(O)cc1.Oc1ccccc1. The molecule has 0 bridgehead atoms. The Hall–Kier alpha value is -2.75. The van der Waals surface area contributed by atoms with Crippen molar-refractivity contribution in [2.75, 3.05) is 6.61 Å². The molecule has 0 aromatic heterocycles. The van der Waals surface area contributed by atoms with Gasteiger partial charge in [0.15, 0.2) is 0 Å². The van der Waals surface area contributed by atoms with Crippen LogP contribution in [-0.4, -0.2) is 22.8 Å². The molecule has 2 aromatic rings. The lowest BCUT2D eigenvalue weighted by Crippen LogP contribution is -2.04. The maximum atomic E-state index is 11.2. The van der Waals surface area contributed by atoms with Gasteiger partial charge in [-0.1, -0.05) is 30.9 Å². The topological polar surface area (TPSA) is 66.8 Å². The largest absolute Gasteiger partial charge is 0.508 e. The predicted octanol–water partition coefficient (Wildman–Crippen LogP) is 3.13. The van der Waals surface area contributed by atoms with Crippen LogP contribution in [0, 0.1) is 0 Å². The average molecular weight is 272 g/mol. The second-order valence-electron chi connectivity index (χ2n) is 3.77. The number of para-hydroxylation sites is 1. The standard InChI is InChI=1S/C10H10O3.C6H6O/c1-2-7-13-10(12)8-3-5-9(11)6-4-8;7-6-4-2-1-3-5-6/h2-6,11H,1,7H2;1-5,7H. The van der Waals surface area contributed by atoms with Crippen LogP contribution in [0.4, 0.5) is 0 Å². The fourth-order valence-corrected chi connectivity index (χ4v) is 1.24. The van der Waals surface area contributed by atoms with Gasteiger partial charge in [-0.3, -0.25) is 0 Å². The van der Waals surface area contributed by atoms with Crippen molar-refractivity contribution in [3.63, 3.8) is 0 Å². The predicted molar refractivity (Wildman–Crippen MR) is 76.7 cm³/mol. The van der Waals surface area contributed by atoms with Crippen LogP contribution >= 0.6 is 0 Å². The number of rotatable bonds is 3. The second-order valence-corrected chi connectivity index (χ2v) is 3.77. The Balaban J connectivity index is 0.000000240. The zero-order chi connectivity index (χ0) is 14.8. The van der Waals surface area contributed by atoms with Gasteiger partial charge in [-0.15, -0.1) is 0 Å². The Kier molecular flexibility index (Phi) is 6.41. The van der Waals surface area contributed by atoms with Crippen molar-refractivity contribution in [2.24, 2.45) is 0 Å². The minimum Gasteiger partial charge on any atom is -0.508 e. The van der Waals surface area contributed by atoms with Gasteiger partial charge in [0.1, 0.15) is 18.1 Å². The Bertz CT molecular complexity index is 532. The van der Waals surface area contributed by atoms with Crippen LogP contribution in [0.25, 0.3) is 0 Å². The van der Waals surface area contributed by atoms with Gasteiger partial charge in [0.25, 0.3) is 0 Å². The summed E-state index contributed by atoms with van der Waals surface area (Å²) < 4.78 is 4.78. The molecule has 0 saturated heterocycles. The summed E-state index contributed by atoms with van der Waals surface area (Å²) in [5.41, 5.74) is 0.416. The van der Waals surface area contributed by atoms with E-state index >= 15 is 0 Å². The van der Waals surface area contributed by atoms with Crippen molar-refractivity contribution in [2.45, 2.75) is 0 Å². The lowest BCUT2D eigenvalue weighted by molar-refractivity contribution is 0.0549. The molecule has 0 saturated carbocycles. The first-order chi connectivity index (χ1) is 9.63. The van der Waals surface area contributed by atoms with Crippen molar-refractivity contribution in [3.8, 4) is 11.5 Å². The summed E-state index contributed by atoms with van der Waals surface area (Å²) in [6.07, 6.45) is 1.50. The van der Waals surface area contributed by atoms with Gasteiger partial charge in [-0.25, -0.2) is 4.79 Å². The Morgan fingerprint density at radius 3 is 2.00 bits per heavy atom. The molecule has 2 aromatic carbocycles. The van der Waals surface area contributed by atoms with Gasteiger partial charge in [0.2, 0.25) is 0 Å². The molecule has 0 atom stereocenters. The van der Waals surface area contributed by atoms with E-state index in [4.69, 9.17) is 14.9 Å². The van der Waals surface area contributed by atoms with E-state index in [2.05, 4.69) is 6.58 Å². The summed E-state index contributed by atoms with van der Waals surface area (Å²) in [5.74, 6) is 0.0303. The Morgan fingerprint density at radius 2 is 1.55 bits per heavy atom. The van der Waals surface area contributed by atoms with Gasteiger partial charge in [0.05, 0.1) is 5.56 Å². The quantitative estimate of drug-likeness (QED) is 0.665. The number of carbonyl (C=O) groups excluding carboxylic acids is 1. The molecule has 0 amide bonds. The molecule has 0 aliphatic carbocycles. The third kappa shape index (κ3) is 5.73. The highest BCUT2D eigenvalue weighted by atomic mass is 16.5. The number of esters is 1. The number of hydrogen-bond donors (Lipinski definition) is 2. The average Bonchev–Trinajstić information content (AvgIpc) is 2.47. The summed E-state index contributed by atoms with van der Waals surface area (Å²) in [4.78, 5) is 11.2. The van der Waals surface area contributed by atoms with E-state index in [9.17, 15) is 4.79 Å². The molecule has 2 rings (SSSR count). The molecule has 0 aliphatic rings. The van der Waals surface area contributed by atoms with E-state index in [1.54, 1.807) is 24.3 Å². The van der Waals surface area contributed by atoms with E-state index in [0.717, 1.165) is 0 Å². The van der Waals surface area contributed by atoms with Gasteiger partial charge in [-0.05, 0) is 36.4 Å². The molecule has 0 heterocycles. The minimum absolute atomic E-state index is 0.125. The smallest absolute Gasteiger partial charge is 0.338 e. The Morgan fingerprint density at radius 1 is 1.00 bits per heavy atom. The highest BCUT2D eigenvalue weighted by Crippen LogP contribution is 2.10. The van der Waals surface area contributed by atoms with Gasteiger partial charge < -0.3 is 14.9 Å². The first kappa shape index (κ1) is 15.3. The lowest BCUT2D eigenvalue weighted by atomic mass is 10.2. The monoisotopic (exact) mass is 272 g/mol. The summed E-state index contributed by atoms with van der Waals surface area (Å²) in [5, 5.41) is 17.6. The first-order valence-corrected chi connectivity index (χ1v) is 5.94. The second kappa shape index (κ2) is 8.37. The summed E-state index contributed by atoms with van der Waals surface area (Å²) in [6.45, 7) is 3.62. The molecule has 4 nitrogen and oxygen atoms in total. The van der Waals surface area contributed by atoms with Crippen molar-refractivity contribution in [1.82, 2.24) is 0 Å². The van der Waals surface area contributed by atoms with E-state index in [1.807, 2.05) is 6.07 Å². The third-order valence-electron chi connectivity index (χ3n) is 2.19. The van der Waals surface area contributed by atoms with E-state index < -0.39 is 5.97 Å². The van der Waals surface area contributed by atoms with Gasteiger partial charge >= 0.3 is 5.97 Å². The fraction of sp³-hybridized carbons (Fsp3) is 0.0625. The van der Waals surface area contributed by atoms with Gasteiger partial charge in [-0.2, -0.15) is 0 Å². The van der Waals surface area contributed by atoms with Crippen LogP contribution in [0.3, 0.4) is 0 Å². The molecule has 0 unspecified atom stereocenters. The molecule has 2 N–H and O–H groups in total. The zero-order valence-corrected chi connectivity index (χ0v) is 10.9. The normalized spacial score (nSPS) is 9.00. The minimum atomic E-state index is -0.417. The highest BCUT2D eigenvalue weighted by molar-refractivity contribution is 5.89. The first-order valence-electron chi connectivity index (χ1n) is 5.94. The molecule has 0 fully saturated rings. The summed E-state index contributed by atoms with van der Waals surface area (Å²) in [6, 6.07) is 14.6. The highest BCUT2D eigenvalue weighted by Gasteiger charge is 2.04. The van der Waals surface area contributed by atoms with Crippen LogP contribution in [0.15, 0.2) is 67.3 Å². The number of ether oxygens (including phenoxy) is 1. The molecule has 4 heteroatoms. The van der Waals surface area contributed by atoms with E-state index in [-0.39, 0.29) is 12.4 Å². The summed E-state index contributed by atoms with van der Waals surface area (Å²) >= 11 is 0. The van der Waals surface area contributed by atoms with Crippen molar-refractivity contribution < 1.29 is 19.7 Å². The van der Waals surface area contributed by atoms with Crippen molar-refractivity contribution in [1.29, 1.82) is 0 Å². The number of hydrogen-bond acceptors (Lipinski definition) is 4. The maximum absolute atomic E-state index is 11.2. The number of aromatic hydroxyl groups is 2. The zero-order valence-electron chi connectivity index (χ0n) is 10.9. The molecule has 20 heavy (non-hydrogen) atoms. The molecule has 0 aliphatic heterocycles. The number of benzene rings is 2. The third-order valence-corrected chi connectivity index (χ3v) is 2.19. The lowest BCUT2D eigenvalue weighted by Gasteiger charge is -2.00. The Labute approximate surface area is 117 Å². The van der Waals surface area contributed by atoms with Crippen LogP contribution in [0.1, 0.15) is 10.4 Å².